The molecule has 0 saturated carbocycles. The molecular formula is C25H28F3NO4S. The third kappa shape index (κ3) is 4.40. The smallest absolute Gasteiger partial charge is 0.425 e. The average Bonchev–Trinajstić information content (AvgIpc) is 3.23. The summed E-state index contributed by atoms with van der Waals surface area (Å²) in [6, 6.07) is 5.25. The van der Waals surface area contributed by atoms with Crippen LogP contribution in [0.5, 0.6) is 11.5 Å². The zero-order chi connectivity index (χ0) is 24.7. The van der Waals surface area contributed by atoms with Gasteiger partial charge in [-0.15, -0.1) is 17.8 Å². The van der Waals surface area contributed by atoms with Gasteiger partial charge >= 0.3 is 6.18 Å². The van der Waals surface area contributed by atoms with Gasteiger partial charge in [0.2, 0.25) is 0 Å². The summed E-state index contributed by atoms with van der Waals surface area (Å²) in [4.78, 5) is 1.95. The van der Waals surface area contributed by atoms with Crippen molar-refractivity contribution < 1.29 is 32.5 Å². The van der Waals surface area contributed by atoms with Crippen LogP contribution >= 0.6 is 11.3 Å². The largest absolute Gasteiger partial charge is 0.497 e. The lowest BCUT2D eigenvalue weighted by Gasteiger charge is -2.46. The van der Waals surface area contributed by atoms with E-state index in [1.165, 1.54) is 6.92 Å². The van der Waals surface area contributed by atoms with Gasteiger partial charge in [-0.05, 0) is 31.4 Å². The molecule has 0 radical (unpaired) electrons. The van der Waals surface area contributed by atoms with Crippen LogP contribution in [0, 0.1) is 12.3 Å². The number of thiophene rings is 1. The predicted octanol–water partition coefficient (Wildman–Crippen LogP) is 4.90. The maximum atomic E-state index is 13.8. The molecule has 0 aliphatic carbocycles. The molecule has 2 aromatic rings. The number of methoxy groups -OCH3 is 2. The van der Waals surface area contributed by atoms with Crippen LogP contribution in [-0.4, -0.2) is 43.4 Å². The van der Waals surface area contributed by atoms with Crippen molar-refractivity contribution in [2.24, 2.45) is 0 Å². The molecule has 34 heavy (non-hydrogen) atoms. The first-order chi connectivity index (χ1) is 16.1. The van der Waals surface area contributed by atoms with Gasteiger partial charge in [0.25, 0.3) is 0 Å². The molecule has 1 N–H and O–H groups in total. The van der Waals surface area contributed by atoms with E-state index in [0.717, 1.165) is 5.56 Å². The first-order valence-corrected chi connectivity index (χ1v) is 11.9. The maximum Gasteiger partial charge on any atom is 0.425 e. The first-order valence-electron chi connectivity index (χ1n) is 11.1. The molecule has 9 heteroatoms. The highest BCUT2D eigenvalue weighted by Gasteiger charge is 2.49. The number of hydrogen-bond donors (Lipinski definition) is 1. The Labute approximate surface area is 201 Å². The van der Waals surface area contributed by atoms with Crippen molar-refractivity contribution in [1.82, 2.24) is 4.90 Å². The van der Waals surface area contributed by atoms with Crippen LogP contribution in [0.25, 0.3) is 0 Å². The highest BCUT2D eigenvalue weighted by atomic mass is 32.1. The highest BCUT2D eigenvalue weighted by Crippen LogP contribution is 2.53. The lowest BCUT2D eigenvalue weighted by Crippen LogP contribution is -2.50. The number of benzene rings is 1. The minimum atomic E-state index is -4.54. The summed E-state index contributed by atoms with van der Waals surface area (Å²) >= 11 is 0.699. The van der Waals surface area contributed by atoms with Crippen molar-refractivity contribution in [2.45, 2.75) is 56.7 Å². The van der Waals surface area contributed by atoms with Crippen LogP contribution in [-0.2, 0) is 29.5 Å². The highest BCUT2D eigenvalue weighted by molar-refractivity contribution is 7.12. The third-order valence-corrected chi connectivity index (χ3v) is 8.17. The number of alkyl halides is 3. The number of rotatable bonds is 5. The Morgan fingerprint density at radius 1 is 1.35 bits per heavy atom. The van der Waals surface area contributed by atoms with Crippen LogP contribution in [0.15, 0.2) is 18.2 Å². The molecule has 5 nitrogen and oxygen atoms in total. The fourth-order valence-electron chi connectivity index (χ4n) is 5.08. The lowest BCUT2D eigenvalue weighted by molar-refractivity contribution is -0.135. The van der Waals surface area contributed by atoms with E-state index in [9.17, 15) is 18.3 Å². The molecule has 2 aliphatic heterocycles. The zero-order valence-electron chi connectivity index (χ0n) is 19.4. The van der Waals surface area contributed by atoms with Gasteiger partial charge in [-0.25, -0.2) is 0 Å². The molecule has 3 atom stereocenters. The SMILES string of the molecule is C#C[C@@H]1CC2(CCN1Cc1ccc(OC)cc1OC)OCCc1c2sc(C(F)(F)F)c1C(C)O. The van der Waals surface area contributed by atoms with Crippen molar-refractivity contribution in [3.63, 3.8) is 0 Å². The molecule has 1 spiro atoms. The van der Waals surface area contributed by atoms with Gasteiger partial charge in [-0.1, -0.05) is 12.0 Å². The Bertz CT molecular complexity index is 1090. The molecule has 0 amide bonds. The molecule has 1 saturated heterocycles. The van der Waals surface area contributed by atoms with Crippen LogP contribution in [0.3, 0.4) is 0 Å². The number of aliphatic hydroxyl groups excluding tert-OH is 1. The van der Waals surface area contributed by atoms with E-state index in [-0.39, 0.29) is 11.6 Å². The number of likely N-dealkylation sites (tertiary alicyclic amines) is 1. The van der Waals surface area contributed by atoms with E-state index >= 15 is 0 Å². The maximum absolute atomic E-state index is 13.8. The van der Waals surface area contributed by atoms with E-state index in [1.807, 2.05) is 18.2 Å². The summed E-state index contributed by atoms with van der Waals surface area (Å²) < 4.78 is 58.4. The van der Waals surface area contributed by atoms with Gasteiger partial charge < -0.3 is 19.3 Å². The van der Waals surface area contributed by atoms with Crippen LogP contribution in [0.4, 0.5) is 13.2 Å². The Balaban J connectivity index is 1.65. The second-order valence-corrected chi connectivity index (χ2v) is 9.72. The summed E-state index contributed by atoms with van der Waals surface area (Å²) in [6.45, 7) is 2.76. The van der Waals surface area contributed by atoms with Crippen molar-refractivity contribution >= 4 is 11.3 Å². The average molecular weight is 496 g/mol. The van der Waals surface area contributed by atoms with Crippen LogP contribution < -0.4 is 9.47 Å². The fraction of sp³-hybridized carbons (Fsp3) is 0.520. The Kier molecular flexibility index (Phi) is 6.89. The molecule has 0 bridgehead atoms. The Morgan fingerprint density at radius 3 is 2.74 bits per heavy atom. The van der Waals surface area contributed by atoms with Gasteiger partial charge in [0.15, 0.2) is 0 Å². The second kappa shape index (κ2) is 9.42. The fourth-order valence-corrected chi connectivity index (χ4v) is 6.57. The van der Waals surface area contributed by atoms with Crippen molar-refractivity contribution in [1.29, 1.82) is 0 Å². The number of fused-ring (bicyclic) bond motifs is 2. The van der Waals surface area contributed by atoms with E-state index in [2.05, 4.69) is 10.8 Å². The number of terminal acetylenes is 1. The molecule has 1 aromatic heterocycles. The van der Waals surface area contributed by atoms with Gasteiger partial charge in [-0.3, -0.25) is 4.90 Å². The number of ether oxygens (including phenoxy) is 3. The lowest BCUT2D eigenvalue weighted by atomic mass is 9.80. The summed E-state index contributed by atoms with van der Waals surface area (Å²) in [5.74, 6) is 4.19. The number of piperidine rings is 1. The third-order valence-electron chi connectivity index (χ3n) is 6.69. The normalized spacial score (nSPS) is 23.9. The summed E-state index contributed by atoms with van der Waals surface area (Å²) in [5.41, 5.74) is 0.609. The number of aliphatic hydroxyl groups is 1. The zero-order valence-corrected chi connectivity index (χ0v) is 20.2. The topological polar surface area (TPSA) is 51.2 Å². The van der Waals surface area contributed by atoms with Crippen LogP contribution in [0.1, 0.15) is 52.3 Å². The Morgan fingerprint density at radius 2 is 2.12 bits per heavy atom. The minimum Gasteiger partial charge on any atom is -0.497 e. The molecule has 1 fully saturated rings. The Hall–Kier alpha value is -2.25. The van der Waals surface area contributed by atoms with E-state index < -0.39 is 22.8 Å². The molecule has 2 unspecified atom stereocenters. The van der Waals surface area contributed by atoms with Gasteiger partial charge in [0, 0.05) is 41.6 Å². The minimum absolute atomic E-state index is 0.0159. The molecular weight excluding hydrogens is 467 g/mol. The van der Waals surface area contributed by atoms with E-state index in [4.69, 9.17) is 20.6 Å². The summed E-state index contributed by atoms with van der Waals surface area (Å²) in [7, 11) is 3.18. The summed E-state index contributed by atoms with van der Waals surface area (Å²) in [5, 5.41) is 10.2. The summed E-state index contributed by atoms with van der Waals surface area (Å²) in [6.07, 6.45) is 1.40. The van der Waals surface area contributed by atoms with Crippen molar-refractivity contribution in [2.75, 3.05) is 27.4 Å². The van der Waals surface area contributed by atoms with Crippen molar-refractivity contribution in [3.8, 4) is 23.8 Å². The van der Waals surface area contributed by atoms with Gasteiger partial charge in [0.05, 0.1) is 33.0 Å². The molecule has 3 heterocycles. The van der Waals surface area contributed by atoms with Gasteiger partial charge in [0.1, 0.15) is 22.0 Å². The molecule has 184 valence electrons. The number of hydrogen-bond acceptors (Lipinski definition) is 6. The van der Waals surface area contributed by atoms with E-state index in [1.54, 1.807) is 14.2 Å². The molecule has 2 aliphatic rings. The standard InChI is InChI=1S/C25H28F3NO4S/c1-5-17-13-24(9-10-29(17)14-16-6-7-18(31-3)12-20(16)32-4)22-19(8-11-33-24)21(15(2)30)23(34-22)25(26,27)28/h1,6-7,12,15,17,30H,8-11,13-14H2,2-4H3/t15?,17-,24?/m1/s1. The molecule has 4 rings (SSSR count). The number of halogens is 3. The van der Waals surface area contributed by atoms with Gasteiger partial charge in [-0.2, -0.15) is 13.2 Å². The van der Waals surface area contributed by atoms with Crippen LogP contribution in [0.2, 0.25) is 0 Å². The predicted molar refractivity (Wildman–Crippen MR) is 123 cm³/mol. The molecule has 1 aromatic carbocycles. The quantitative estimate of drug-likeness (QED) is 0.598. The monoisotopic (exact) mass is 495 g/mol. The van der Waals surface area contributed by atoms with E-state index in [0.29, 0.717) is 72.2 Å². The number of nitrogens with zero attached hydrogens (tertiary/aromatic N) is 1. The first kappa shape index (κ1) is 24.9. The van der Waals surface area contributed by atoms with Crippen molar-refractivity contribution in [3.05, 3.63) is 44.6 Å². The second-order valence-electron chi connectivity index (χ2n) is 8.70.